The molecule has 0 spiro atoms. The number of aryl methyl sites for hydroxylation is 1. The summed E-state index contributed by atoms with van der Waals surface area (Å²) in [6.45, 7) is 1.10. The van der Waals surface area contributed by atoms with Crippen LogP contribution >= 0.6 is 11.6 Å². The van der Waals surface area contributed by atoms with Gasteiger partial charge in [0.15, 0.2) is 0 Å². The van der Waals surface area contributed by atoms with Crippen LogP contribution in [0.5, 0.6) is 0 Å². The maximum Gasteiger partial charge on any atom is 0.323 e. The molecule has 0 saturated carbocycles. The minimum atomic E-state index is -1.13. The van der Waals surface area contributed by atoms with Crippen molar-refractivity contribution in [2.45, 2.75) is 6.92 Å². The Bertz CT molecular complexity index is 653. The smallest absolute Gasteiger partial charge is 0.323 e. The van der Waals surface area contributed by atoms with Gasteiger partial charge >= 0.3 is 5.97 Å². The molecule has 2 rings (SSSR count). The second-order valence-electron chi connectivity index (χ2n) is 4.06. The van der Waals surface area contributed by atoms with Crippen molar-refractivity contribution < 1.29 is 19.2 Å². The number of carbonyl (C=O) groups is 2. The van der Waals surface area contributed by atoms with Crippen LogP contribution in [-0.4, -0.2) is 28.7 Å². The van der Waals surface area contributed by atoms with Crippen LogP contribution in [0.25, 0.3) is 0 Å². The third-order valence-electron chi connectivity index (χ3n) is 2.64. The highest BCUT2D eigenvalue weighted by Gasteiger charge is 2.24. The van der Waals surface area contributed by atoms with Crippen molar-refractivity contribution in [1.29, 1.82) is 0 Å². The Balaban J connectivity index is 2.40. The molecule has 0 aliphatic carbocycles. The van der Waals surface area contributed by atoms with E-state index in [1.165, 1.54) is 12.3 Å². The van der Waals surface area contributed by atoms with Crippen LogP contribution in [0.15, 0.2) is 35.0 Å². The van der Waals surface area contributed by atoms with Crippen molar-refractivity contribution in [1.82, 2.24) is 5.16 Å². The molecule has 1 amide bonds. The Morgan fingerprint density at radius 3 is 2.75 bits per heavy atom. The molecule has 0 unspecified atom stereocenters. The Morgan fingerprint density at radius 2 is 2.20 bits per heavy atom. The van der Waals surface area contributed by atoms with E-state index in [0.29, 0.717) is 16.5 Å². The van der Waals surface area contributed by atoms with Gasteiger partial charge in [-0.25, -0.2) is 0 Å². The van der Waals surface area contributed by atoms with Gasteiger partial charge in [0, 0.05) is 10.7 Å². The summed E-state index contributed by atoms with van der Waals surface area (Å²) in [5.74, 6) is -1.31. The van der Waals surface area contributed by atoms with Crippen LogP contribution in [0.4, 0.5) is 5.69 Å². The fraction of sp³-hybridized carbons (Fsp3) is 0.154. The highest BCUT2D eigenvalue weighted by Crippen LogP contribution is 2.22. The topological polar surface area (TPSA) is 83.6 Å². The zero-order valence-electron chi connectivity index (χ0n) is 10.5. The van der Waals surface area contributed by atoms with E-state index in [9.17, 15) is 9.59 Å². The summed E-state index contributed by atoms with van der Waals surface area (Å²) in [6.07, 6.45) is 1.26. The van der Waals surface area contributed by atoms with Gasteiger partial charge in [-0.05, 0) is 25.1 Å². The van der Waals surface area contributed by atoms with Gasteiger partial charge in [0.1, 0.15) is 17.9 Å². The Morgan fingerprint density at radius 1 is 1.45 bits per heavy atom. The number of aliphatic carboxylic acids is 1. The maximum absolute atomic E-state index is 12.4. The van der Waals surface area contributed by atoms with Gasteiger partial charge in [0.05, 0.1) is 6.20 Å². The molecule has 0 aliphatic heterocycles. The summed E-state index contributed by atoms with van der Waals surface area (Å²) in [6, 6.07) is 6.40. The average Bonchev–Trinajstić information content (AvgIpc) is 2.81. The molecule has 1 heterocycles. The highest BCUT2D eigenvalue weighted by molar-refractivity contribution is 6.31. The molecule has 0 radical (unpaired) electrons. The zero-order chi connectivity index (χ0) is 14.7. The molecule has 1 aromatic heterocycles. The number of anilines is 1. The number of carboxylic acid groups (broad SMARTS) is 1. The molecule has 0 saturated heterocycles. The summed E-state index contributed by atoms with van der Waals surface area (Å²) in [5.41, 5.74) is 0.608. The number of rotatable bonds is 4. The SMILES string of the molecule is Cc1oncc1C(=O)N(CC(=O)O)c1cccc(Cl)c1. The third-order valence-corrected chi connectivity index (χ3v) is 2.87. The number of nitrogens with zero attached hydrogens (tertiary/aromatic N) is 2. The summed E-state index contributed by atoms with van der Waals surface area (Å²) in [5, 5.41) is 12.9. The number of hydrogen-bond acceptors (Lipinski definition) is 4. The second kappa shape index (κ2) is 5.75. The van der Waals surface area contributed by atoms with Gasteiger partial charge in [0.2, 0.25) is 0 Å². The van der Waals surface area contributed by atoms with Crippen molar-refractivity contribution in [2.75, 3.05) is 11.4 Å². The number of carbonyl (C=O) groups excluding carboxylic acids is 1. The number of aromatic nitrogens is 1. The van der Waals surface area contributed by atoms with Crippen molar-refractivity contribution in [3.8, 4) is 0 Å². The number of halogens is 1. The number of hydrogen-bond donors (Lipinski definition) is 1. The summed E-state index contributed by atoms with van der Waals surface area (Å²) in [7, 11) is 0. The largest absolute Gasteiger partial charge is 0.480 e. The fourth-order valence-electron chi connectivity index (χ4n) is 1.71. The van der Waals surface area contributed by atoms with E-state index in [-0.39, 0.29) is 5.56 Å². The first-order valence-corrected chi connectivity index (χ1v) is 6.07. The van der Waals surface area contributed by atoms with Crippen LogP contribution in [-0.2, 0) is 4.79 Å². The van der Waals surface area contributed by atoms with Gasteiger partial charge in [-0.1, -0.05) is 22.8 Å². The molecule has 0 bridgehead atoms. The molecule has 0 fully saturated rings. The molecule has 0 aliphatic rings. The standard InChI is InChI=1S/C13H11ClN2O4/c1-8-11(6-15-20-8)13(19)16(7-12(17)18)10-4-2-3-9(14)5-10/h2-6H,7H2,1H3,(H,17,18). The Hall–Kier alpha value is -2.34. The van der Waals surface area contributed by atoms with Crippen molar-refractivity contribution >= 4 is 29.2 Å². The predicted octanol–water partition coefficient (Wildman–Crippen LogP) is 2.37. The lowest BCUT2D eigenvalue weighted by Crippen LogP contribution is -2.35. The van der Waals surface area contributed by atoms with E-state index in [1.54, 1.807) is 25.1 Å². The quantitative estimate of drug-likeness (QED) is 0.936. The van der Waals surface area contributed by atoms with Crippen LogP contribution < -0.4 is 4.90 Å². The van der Waals surface area contributed by atoms with Crippen LogP contribution in [0.1, 0.15) is 16.1 Å². The van der Waals surface area contributed by atoms with Crippen LogP contribution in [0, 0.1) is 6.92 Å². The molecule has 20 heavy (non-hydrogen) atoms. The van der Waals surface area contributed by atoms with Gasteiger partial charge in [-0.2, -0.15) is 0 Å². The predicted molar refractivity (Wildman–Crippen MR) is 72.0 cm³/mol. The minimum Gasteiger partial charge on any atom is -0.480 e. The lowest BCUT2D eigenvalue weighted by atomic mass is 10.2. The van der Waals surface area contributed by atoms with E-state index in [2.05, 4.69) is 5.16 Å². The third kappa shape index (κ3) is 2.97. The second-order valence-corrected chi connectivity index (χ2v) is 4.50. The monoisotopic (exact) mass is 294 g/mol. The van der Waals surface area contributed by atoms with Crippen LogP contribution in [0.3, 0.4) is 0 Å². The zero-order valence-corrected chi connectivity index (χ0v) is 11.3. The van der Waals surface area contributed by atoms with E-state index >= 15 is 0 Å². The fourth-order valence-corrected chi connectivity index (χ4v) is 1.89. The number of carboxylic acids is 1. The first kappa shape index (κ1) is 14.1. The minimum absolute atomic E-state index is 0.214. The number of amides is 1. The summed E-state index contributed by atoms with van der Waals surface area (Å²) in [4.78, 5) is 24.5. The van der Waals surface area contributed by atoms with Gasteiger partial charge < -0.3 is 9.63 Å². The highest BCUT2D eigenvalue weighted by atomic mass is 35.5. The molecule has 104 valence electrons. The molecular formula is C13H11ClN2O4. The molecule has 2 aromatic rings. The van der Waals surface area contributed by atoms with Crippen LogP contribution in [0.2, 0.25) is 5.02 Å². The first-order chi connectivity index (χ1) is 9.49. The van der Waals surface area contributed by atoms with Crippen molar-refractivity contribution in [2.24, 2.45) is 0 Å². The molecule has 7 heteroatoms. The van der Waals surface area contributed by atoms with E-state index < -0.39 is 18.4 Å². The average molecular weight is 295 g/mol. The van der Waals surface area contributed by atoms with E-state index in [1.807, 2.05) is 0 Å². The molecule has 1 aromatic carbocycles. The Labute approximate surface area is 119 Å². The van der Waals surface area contributed by atoms with Gasteiger partial charge in [-0.15, -0.1) is 0 Å². The first-order valence-electron chi connectivity index (χ1n) is 5.69. The molecule has 1 N–H and O–H groups in total. The number of benzene rings is 1. The van der Waals surface area contributed by atoms with E-state index in [4.69, 9.17) is 21.2 Å². The molecule has 6 nitrogen and oxygen atoms in total. The summed E-state index contributed by atoms with van der Waals surface area (Å²) >= 11 is 5.87. The van der Waals surface area contributed by atoms with Gasteiger partial charge in [0.25, 0.3) is 5.91 Å². The Kier molecular flexibility index (Phi) is 4.05. The normalized spacial score (nSPS) is 10.3. The summed E-state index contributed by atoms with van der Waals surface area (Å²) < 4.78 is 4.83. The van der Waals surface area contributed by atoms with Crippen molar-refractivity contribution in [3.63, 3.8) is 0 Å². The van der Waals surface area contributed by atoms with Crippen molar-refractivity contribution in [3.05, 3.63) is 46.8 Å². The van der Waals surface area contributed by atoms with E-state index in [0.717, 1.165) is 4.90 Å². The maximum atomic E-state index is 12.4. The lowest BCUT2D eigenvalue weighted by Gasteiger charge is -2.20. The van der Waals surface area contributed by atoms with Gasteiger partial charge in [-0.3, -0.25) is 14.5 Å². The molecule has 0 atom stereocenters. The lowest BCUT2D eigenvalue weighted by molar-refractivity contribution is -0.135. The molecular weight excluding hydrogens is 284 g/mol.